The fourth-order valence-corrected chi connectivity index (χ4v) is 2.09. The molecule has 0 fully saturated rings. The SMILES string of the molecule is N#Cc1ccc(NC(=O)c2c(F)cc(Br)cc2F)c(N)c1. The highest BCUT2D eigenvalue weighted by Gasteiger charge is 2.19. The molecule has 4 nitrogen and oxygen atoms in total. The molecule has 3 N–H and O–H groups in total. The van der Waals surface area contributed by atoms with Gasteiger partial charge in [-0.2, -0.15) is 5.26 Å². The lowest BCUT2D eigenvalue weighted by Crippen LogP contribution is -2.17. The van der Waals surface area contributed by atoms with Crippen LogP contribution in [0, 0.1) is 23.0 Å². The molecule has 106 valence electrons. The van der Waals surface area contributed by atoms with Gasteiger partial charge in [-0.1, -0.05) is 15.9 Å². The smallest absolute Gasteiger partial charge is 0.261 e. The highest BCUT2D eigenvalue weighted by molar-refractivity contribution is 9.10. The number of amides is 1. The number of nitrogens with one attached hydrogen (secondary N) is 1. The summed E-state index contributed by atoms with van der Waals surface area (Å²) in [7, 11) is 0. The second-order valence-corrected chi connectivity index (χ2v) is 5.03. The molecule has 1 amide bonds. The van der Waals surface area contributed by atoms with E-state index < -0.39 is 23.1 Å². The van der Waals surface area contributed by atoms with Crippen LogP contribution in [-0.2, 0) is 0 Å². The van der Waals surface area contributed by atoms with Crippen molar-refractivity contribution in [3.05, 3.63) is 57.6 Å². The number of rotatable bonds is 2. The highest BCUT2D eigenvalue weighted by Crippen LogP contribution is 2.23. The number of hydrogen-bond acceptors (Lipinski definition) is 3. The molecule has 21 heavy (non-hydrogen) atoms. The summed E-state index contributed by atoms with van der Waals surface area (Å²) in [5.74, 6) is -2.95. The first kappa shape index (κ1) is 14.9. The van der Waals surface area contributed by atoms with Gasteiger partial charge in [0, 0.05) is 4.47 Å². The molecular formula is C14H8BrF2N3O. The third-order valence-electron chi connectivity index (χ3n) is 2.66. The van der Waals surface area contributed by atoms with Crippen LogP contribution in [0.5, 0.6) is 0 Å². The van der Waals surface area contributed by atoms with Crippen molar-refractivity contribution in [2.45, 2.75) is 0 Å². The maximum absolute atomic E-state index is 13.7. The first-order chi connectivity index (χ1) is 9.92. The maximum atomic E-state index is 13.7. The van der Waals surface area contributed by atoms with E-state index in [0.29, 0.717) is 5.56 Å². The molecule has 2 rings (SSSR count). The number of benzene rings is 2. The molecule has 0 unspecified atom stereocenters. The Morgan fingerprint density at radius 2 is 1.86 bits per heavy atom. The number of nitrogens with zero attached hydrogens (tertiary/aromatic N) is 1. The number of carbonyl (C=O) groups excluding carboxylic acids is 1. The molecule has 0 aliphatic carbocycles. The van der Waals surface area contributed by atoms with E-state index in [2.05, 4.69) is 21.2 Å². The molecule has 7 heteroatoms. The summed E-state index contributed by atoms with van der Waals surface area (Å²) in [6.45, 7) is 0. The van der Waals surface area contributed by atoms with Gasteiger partial charge in [0.05, 0.1) is 23.0 Å². The average Bonchev–Trinajstić information content (AvgIpc) is 2.39. The summed E-state index contributed by atoms with van der Waals surface area (Å²) < 4.78 is 27.5. The number of halogens is 3. The molecule has 0 atom stereocenters. The minimum absolute atomic E-state index is 0.125. The van der Waals surface area contributed by atoms with E-state index in [1.54, 1.807) is 0 Å². The number of anilines is 2. The zero-order valence-electron chi connectivity index (χ0n) is 10.5. The summed E-state index contributed by atoms with van der Waals surface area (Å²) in [6, 6.07) is 8.03. The van der Waals surface area contributed by atoms with Crippen molar-refractivity contribution < 1.29 is 13.6 Å². The monoisotopic (exact) mass is 351 g/mol. The third kappa shape index (κ3) is 3.17. The minimum Gasteiger partial charge on any atom is -0.397 e. The van der Waals surface area contributed by atoms with Gasteiger partial charge in [0.15, 0.2) is 0 Å². The van der Waals surface area contributed by atoms with Crippen LogP contribution in [0.1, 0.15) is 15.9 Å². The lowest BCUT2D eigenvalue weighted by molar-refractivity contribution is 0.101. The largest absolute Gasteiger partial charge is 0.397 e. The van der Waals surface area contributed by atoms with E-state index in [0.717, 1.165) is 12.1 Å². The zero-order chi connectivity index (χ0) is 15.6. The number of carbonyl (C=O) groups is 1. The van der Waals surface area contributed by atoms with Crippen molar-refractivity contribution in [2.24, 2.45) is 0 Å². The molecule has 2 aromatic rings. The number of nitriles is 1. The molecule has 2 aromatic carbocycles. The Labute approximate surface area is 127 Å². The van der Waals surface area contributed by atoms with Crippen LogP contribution in [0.15, 0.2) is 34.8 Å². The molecular weight excluding hydrogens is 344 g/mol. The van der Waals surface area contributed by atoms with Gasteiger partial charge in [0.2, 0.25) is 0 Å². The van der Waals surface area contributed by atoms with E-state index in [4.69, 9.17) is 11.0 Å². The summed E-state index contributed by atoms with van der Waals surface area (Å²) in [6.07, 6.45) is 0. The van der Waals surface area contributed by atoms with Gasteiger partial charge in [0.25, 0.3) is 5.91 Å². The molecule has 0 aliphatic heterocycles. The lowest BCUT2D eigenvalue weighted by atomic mass is 10.1. The van der Waals surface area contributed by atoms with Crippen LogP contribution < -0.4 is 11.1 Å². The van der Waals surface area contributed by atoms with Crippen molar-refractivity contribution in [3.8, 4) is 6.07 Å². The number of nitrogens with two attached hydrogens (primary N) is 1. The Morgan fingerprint density at radius 3 is 2.38 bits per heavy atom. The van der Waals surface area contributed by atoms with E-state index in [-0.39, 0.29) is 15.8 Å². The fraction of sp³-hybridized carbons (Fsp3) is 0. The van der Waals surface area contributed by atoms with Crippen LogP contribution >= 0.6 is 15.9 Å². The van der Waals surface area contributed by atoms with Crippen LogP contribution in [0.4, 0.5) is 20.2 Å². The van der Waals surface area contributed by atoms with Crippen LogP contribution in [0.3, 0.4) is 0 Å². The molecule has 0 aliphatic rings. The van der Waals surface area contributed by atoms with Crippen LogP contribution in [0.25, 0.3) is 0 Å². The van der Waals surface area contributed by atoms with Gasteiger partial charge in [-0.05, 0) is 30.3 Å². The van der Waals surface area contributed by atoms with Crippen molar-refractivity contribution in [1.82, 2.24) is 0 Å². The Kier molecular flexibility index (Phi) is 4.19. The minimum atomic E-state index is -0.994. The summed E-state index contributed by atoms with van der Waals surface area (Å²) in [5.41, 5.74) is 5.56. The van der Waals surface area contributed by atoms with E-state index in [1.165, 1.54) is 18.2 Å². The lowest BCUT2D eigenvalue weighted by Gasteiger charge is -2.10. The predicted octanol–water partition coefficient (Wildman–Crippen LogP) is 3.43. The molecule has 0 saturated carbocycles. The second-order valence-electron chi connectivity index (χ2n) is 4.11. The average molecular weight is 352 g/mol. The van der Waals surface area contributed by atoms with Crippen LogP contribution in [0.2, 0.25) is 0 Å². The highest BCUT2D eigenvalue weighted by atomic mass is 79.9. The molecule has 0 heterocycles. The fourth-order valence-electron chi connectivity index (χ4n) is 1.69. The Hall–Kier alpha value is -2.46. The summed E-state index contributed by atoms with van der Waals surface area (Å²) in [5, 5.41) is 11.0. The first-order valence-corrected chi connectivity index (χ1v) is 6.47. The summed E-state index contributed by atoms with van der Waals surface area (Å²) in [4.78, 5) is 11.9. The Balaban J connectivity index is 2.33. The Morgan fingerprint density at radius 1 is 1.24 bits per heavy atom. The maximum Gasteiger partial charge on any atom is 0.261 e. The van der Waals surface area contributed by atoms with E-state index >= 15 is 0 Å². The number of hydrogen-bond donors (Lipinski definition) is 2. The predicted molar refractivity (Wildman–Crippen MR) is 77.6 cm³/mol. The van der Waals surface area contributed by atoms with Gasteiger partial charge in [-0.3, -0.25) is 4.79 Å². The molecule has 0 bridgehead atoms. The van der Waals surface area contributed by atoms with E-state index in [9.17, 15) is 13.6 Å². The topological polar surface area (TPSA) is 78.9 Å². The van der Waals surface area contributed by atoms with Gasteiger partial charge < -0.3 is 11.1 Å². The van der Waals surface area contributed by atoms with Gasteiger partial charge in [-0.15, -0.1) is 0 Å². The molecule has 0 aromatic heterocycles. The first-order valence-electron chi connectivity index (χ1n) is 5.68. The zero-order valence-corrected chi connectivity index (χ0v) is 12.0. The van der Waals surface area contributed by atoms with Crippen molar-refractivity contribution in [3.63, 3.8) is 0 Å². The van der Waals surface area contributed by atoms with E-state index in [1.807, 2.05) is 6.07 Å². The standard InChI is InChI=1S/C14H8BrF2N3O/c15-8-4-9(16)13(10(17)5-8)14(21)20-12-2-1-7(6-18)3-11(12)19/h1-5H,19H2,(H,20,21). The molecule has 0 saturated heterocycles. The Bertz CT molecular complexity index is 748. The van der Waals surface area contributed by atoms with Gasteiger partial charge in [-0.25, -0.2) is 8.78 Å². The van der Waals surface area contributed by atoms with Crippen LogP contribution in [-0.4, -0.2) is 5.91 Å². The third-order valence-corrected chi connectivity index (χ3v) is 3.12. The normalized spacial score (nSPS) is 10.0. The quantitative estimate of drug-likeness (QED) is 0.813. The number of nitrogen functional groups attached to an aromatic ring is 1. The van der Waals surface area contributed by atoms with Gasteiger partial charge >= 0.3 is 0 Å². The second kappa shape index (κ2) is 5.89. The van der Waals surface area contributed by atoms with Gasteiger partial charge in [0.1, 0.15) is 17.2 Å². The molecule has 0 radical (unpaired) electrons. The molecule has 0 spiro atoms. The summed E-state index contributed by atoms with van der Waals surface area (Å²) >= 11 is 2.93. The van der Waals surface area contributed by atoms with Crippen molar-refractivity contribution in [1.29, 1.82) is 5.26 Å². The van der Waals surface area contributed by atoms with Crippen molar-refractivity contribution in [2.75, 3.05) is 11.1 Å². The van der Waals surface area contributed by atoms with Crippen molar-refractivity contribution >= 4 is 33.2 Å².